The van der Waals surface area contributed by atoms with Crippen molar-refractivity contribution in [2.75, 3.05) is 0 Å². The molecule has 0 aliphatic carbocycles. The van der Waals surface area contributed by atoms with Gasteiger partial charge >= 0.3 is 0 Å². The number of aromatic nitrogens is 3. The Balaban J connectivity index is 1.71. The molecule has 6 nitrogen and oxygen atoms in total. The number of aliphatic hydroxyl groups excluding tert-OH is 1. The van der Waals surface area contributed by atoms with Crippen molar-refractivity contribution in [3.05, 3.63) is 30.4 Å². The van der Waals surface area contributed by atoms with Gasteiger partial charge in [0.05, 0.1) is 29.6 Å². The van der Waals surface area contributed by atoms with Crippen molar-refractivity contribution >= 4 is 11.4 Å². The number of fused-ring (bicyclic) bond motifs is 3. The van der Waals surface area contributed by atoms with E-state index in [4.69, 9.17) is 0 Å². The molecular weight excluding hydrogens is 256 g/mol. The maximum absolute atomic E-state index is 12.8. The Labute approximate surface area is 116 Å². The van der Waals surface area contributed by atoms with Gasteiger partial charge in [0.1, 0.15) is 0 Å². The average molecular weight is 272 g/mol. The van der Waals surface area contributed by atoms with Crippen LogP contribution >= 0.6 is 0 Å². The van der Waals surface area contributed by atoms with E-state index in [0.29, 0.717) is 18.4 Å². The summed E-state index contributed by atoms with van der Waals surface area (Å²) in [6.07, 6.45) is 9.78. The first-order chi connectivity index (χ1) is 9.74. The van der Waals surface area contributed by atoms with Gasteiger partial charge in [-0.25, -0.2) is 4.52 Å². The number of carbonyl (C=O) groups is 1. The molecule has 2 atom stereocenters. The number of hydrogen-bond acceptors (Lipinski definition) is 4. The molecule has 2 bridgehead atoms. The van der Waals surface area contributed by atoms with Crippen LogP contribution in [0.5, 0.6) is 0 Å². The minimum Gasteiger partial charge on any atom is -0.393 e. The fourth-order valence-electron chi connectivity index (χ4n) is 3.62. The Morgan fingerprint density at radius 1 is 1.25 bits per heavy atom. The standard InChI is InChI=1S/C14H16N4O2/c19-11-5-9-1-2-10(6-11)18(9)14(20)12-7-16-17-4-3-15-8-13(12)17/h3-4,7-11,19H,1-2,5-6H2. The van der Waals surface area contributed by atoms with Crippen LogP contribution in [0.2, 0.25) is 0 Å². The van der Waals surface area contributed by atoms with Crippen molar-refractivity contribution < 1.29 is 9.90 Å². The molecule has 0 saturated carbocycles. The monoisotopic (exact) mass is 272 g/mol. The minimum absolute atomic E-state index is 0.0207. The lowest BCUT2D eigenvalue weighted by molar-refractivity contribution is 0.0288. The lowest BCUT2D eigenvalue weighted by Crippen LogP contribution is -2.47. The Morgan fingerprint density at radius 3 is 2.75 bits per heavy atom. The number of hydrogen-bond donors (Lipinski definition) is 1. The van der Waals surface area contributed by atoms with E-state index in [2.05, 4.69) is 10.1 Å². The molecule has 4 rings (SSSR count). The number of piperidine rings is 1. The van der Waals surface area contributed by atoms with Crippen molar-refractivity contribution in [3.8, 4) is 0 Å². The first-order valence-electron chi connectivity index (χ1n) is 7.02. The van der Waals surface area contributed by atoms with Gasteiger partial charge in [0.2, 0.25) is 0 Å². The van der Waals surface area contributed by atoms with E-state index < -0.39 is 0 Å². The fourth-order valence-corrected chi connectivity index (χ4v) is 3.62. The predicted octanol–water partition coefficient (Wildman–Crippen LogP) is 0.857. The number of amides is 1. The summed E-state index contributed by atoms with van der Waals surface area (Å²) in [6.45, 7) is 0. The molecular formula is C14H16N4O2. The molecule has 2 aromatic heterocycles. The molecule has 2 unspecified atom stereocenters. The summed E-state index contributed by atoms with van der Waals surface area (Å²) in [5, 5.41) is 14.0. The van der Waals surface area contributed by atoms with Crippen LogP contribution < -0.4 is 0 Å². The average Bonchev–Trinajstić information content (AvgIpc) is 2.98. The van der Waals surface area contributed by atoms with Gasteiger partial charge < -0.3 is 10.0 Å². The first kappa shape index (κ1) is 11.8. The highest BCUT2D eigenvalue weighted by Crippen LogP contribution is 2.37. The van der Waals surface area contributed by atoms with Gasteiger partial charge in [-0.1, -0.05) is 0 Å². The summed E-state index contributed by atoms with van der Waals surface area (Å²) in [5.74, 6) is 0.0207. The van der Waals surface area contributed by atoms with Gasteiger partial charge in [-0.2, -0.15) is 5.10 Å². The Hall–Kier alpha value is -1.95. The SMILES string of the molecule is O=C(c1cnn2ccncc12)N1C2CCC1CC(O)C2. The van der Waals surface area contributed by atoms with Crippen LogP contribution in [0.25, 0.3) is 5.52 Å². The van der Waals surface area contributed by atoms with Gasteiger partial charge in [-0.3, -0.25) is 9.78 Å². The zero-order chi connectivity index (χ0) is 13.7. The summed E-state index contributed by atoms with van der Waals surface area (Å²) in [5.41, 5.74) is 1.34. The molecule has 6 heteroatoms. The van der Waals surface area contributed by atoms with Crippen LogP contribution in [0.3, 0.4) is 0 Å². The van der Waals surface area contributed by atoms with Crippen molar-refractivity contribution in [3.63, 3.8) is 0 Å². The van der Waals surface area contributed by atoms with Crippen LogP contribution in [-0.4, -0.2) is 48.7 Å². The molecule has 104 valence electrons. The van der Waals surface area contributed by atoms with E-state index in [1.807, 2.05) is 4.90 Å². The van der Waals surface area contributed by atoms with Gasteiger partial charge in [0, 0.05) is 24.5 Å². The highest BCUT2D eigenvalue weighted by molar-refractivity contribution is 6.01. The molecule has 2 fully saturated rings. The largest absolute Gasteiger partial charge is 0.393 e. The van der Waals surface area contributed by atoms with Crippen LogP contribution in [-0.2, 0) is 0 Å². The number of aliphatic hydroxyl groups is 1. The van der Waals surface area contributed by atoms with E-state index in [1.165, 1.54) is 0 Å². The molecule has 1 amide bonds. The zero-order valence-electron chi connectivity index (χ0n) is 11.0. The second kappa shape index (κ2) is 4.28. The summed E-state index contributed by atoms with van der Waals surface area (Å²) in [4.78, 5) is 18.8. The van der Waals surface area contributed by atoms with Crippen LogP contribution in [0.1, 0.15) is 36.0 Å². The van der Waals surface area contributed by atoms with E-state index in [1.54, 1.807) is 29.3 Å². The molecule has 2 saturated heterocycles. The van der Waals surface area contributed by atoms with E-state index >= 15 is 0 Å². The molecule has 4 heterocycles. The first-order valence-corrected chi connectivity index (χ1v) is 7.02. The highest BCUT2D eigenvalue weighted by Gasteiger charge is 2.43. The van der Waals surface area contributed by atoms with Gasteiger partial charge in [-0.15, -0.1) is 0 Å². The molecule has 2 aromatic rings. The fraction of sp³-hybridized carbons (Fsp3) is 0.500. The molecule has 0 radical (unpaired) electrons. The third-order valence-corrected chi connectivity index (χ3v) is 4.50. The quantitative estimate of drug-likeness (QED) is 0.835. The predicted molar refractivity (Wildman–Crippen MR) is 71.2 cm³/mol. The van der Waals surface area contributed by atoms with Crippen molar-refractivity contribution in [2.24, 2.45) is 0 Å². The highest BCUT2D eigenvalue weighted by atomic mass is 16.3. The Bertz CT molecular complexity index is 654. The smallest absolute Gasteiger partial charge is 0.258 e. The number of rotatable bonds is 1. The summed E-state index contributed by atoms with van der Waals surface area (Å²) < 4.78 is 1.67. The molecule has 0 spiro atoms. The van der Waals surface area contributed by atoms with Crippen molar-refractivity contribution in [2.45, 2.75) is 43.9 Å². The number of nitrogens with zero attached hydrogens (tertiary/aromatic N) is 4. The van der Waals surface area contributed by atoms with Gasteiger partial charge in [0.25, 0.3) is 5.91 Å². The van der Waals surface area contributed by atoms with Crippen LogP contribution in [0, 0.1) is 0 Å². The molecule has 0 aromatic carbocycles. The Kier molecular flexibility index (Phi) is 2.53. The topological polar surface area (TPSA) is 70.7 Å². The molecule has 1 N–H and O–H groups in total. The lowest BCUT2D eigenvalue weighted by Gasteiger charge is -2.37. The van der Waals surface area contributed by atoms with Crippen LogP contribution in [0.15, 0.2) is 24.8 Å². The maximum atomic E-state index is 12.8. The summed E-state index contributed by atoms with van der Waals surface area (Å²) in [6, 6.07) is 0.339. The second-order valence-electron chi connectivity index (χ2n) is 5.69. The normalized spacial score (nSPS) is 29.1. The van der Waals surface area contributed by atoms with Crippen LogP contribution in [0.4, 0.5) is 0 Å². The third kappa shape index (κ3) is 1.64. The lowest BCUT2D eigenvalue weighted by atomic mass is 9.99. The van der Waals surface area contributed by atoms with Crippen molar-refractivity contribution in [1.29, 1.82) is 0 Å². The number of carbonyl (C=O) groups excluding carboxylic acids is 1. The summed E-state index contributed by atoms with van der Waals surface area (Å²) >= 11 is 0. The second-order valence-corrected chi connectivity index (χ2v) is 5.69. The van der Waals surface area contributed by atoms with Gasteiger partial charge in [-0.05, 0) is 25.7 Å². The minimum atomic E-state index is -0.262. The van der Waals surface area contributed by atoms with E-state index in [9.17, 15) is 9.90 Å². The maximum Gasteiger partial charge on any atom is 0.258 e. The Morgan fingerprint density at radius 2 is 2.00 bits per heavy atom. The molecule has 20 heavy (non-hydrogen) atoms. The van der Waals surface area contributed by atoms with Crippen molar-refractivity contribution in [1.82, 2.24) is 19.5 Å². The van der Waals surface area contributed by atoms with E-state index in [-0.39, 0.29) is 24.1 Å². The zero-order valence-corrected chi connectivity index (χ0v) is 11.0. The summed E-state index contributed by atoms with van der Waals surface area (Å²) in [7, 11) is 0. The third-order valence-electron chi connectivity index (χ3n) is 4.50. The molecule has 2 aliphatic rings. The van der Waals surface area contributed by atoms with E-state index in [0.717, 1.165) is 18.4 Å². The van der Waals surface area contributed by atoms with Gasteiger partial charge in [0.15, 0.2) is 0 Å². The molecule has 2 aliphatic heterocycles.